The lowest BCUT2D eigenvalue weighted by Crippen LogP contribution is -1.94. The number of nitrogens with zero attached hydrogens (tertiary/aromatic N) is 3. The summed E-state index contributed by atoms with van der Waals surface area (Å²) in [5.74, 6) is 0. The van der Waals surface area contributed by atoms with Gasteiger partial charge in [0, 0.05) is 15.7 Å². The van der Waals surface area contributed by atoms with Crippen molar-refractivity contribution in [2.24, 2.45) is 0 Å². The lowest BCUT2D eigenvalue weighted by molar-refractivity contribution is 0.910. The first-order chi connectivity index (χ1) is 9.06. The minimum absolute atomic E-state index is 0.578. The van der Waals surface area contributed by atoms with Gasteiger partial charge in [-0.15, -0.1) is 0 Å². The van der Waals surface area contributed by atoms with E-state index in [9.17, 15) is 0 Å². The van der Waals surface area contributed by atoms with Crippen LogP contribution < -0.4 is 0 Å². The Hall–Kier alpha value is -1.39. The van der Waals surface area contributed by atoms with E-state index >= 15 is 0 Å². The van der Waals surface area contributed by atoms with E-state index in [1.54, 1.807) is 4.52 Å². The Balaban J connectivity index is 2.34. The van der Waals surface area contributed by atoms with E-state index in [2.05, 4.69) is 26.0 Å². The number of benzene rings is 1. The van der Waals surface area contributed by atoms with E-state index in [1.807, 2.05) is 44.2 Å². The lowest BCUT2D eigenvalue weighted by Gasteiger charge is -2.02. The van der Waals surface area contributed by atoms with Crippen LogP contribution in [0.25, 0.3) is 16.8 Å². The molecule has 3 aromatic rings. The molecule has 0 aliphatic rings. The number of hydrogen-bond donors (Lipinski definition) is 0. The van der Waals surface area contributed by atoms with Gasteiger partial charge in [-0.25, -0.2) is 9.50 Å². The number of rotatable bonds is 1. The molecule has 0 saturated heterocycles. The topological polar surface area (TPSA) is 30.2 Å². The third-order valence-corrected chi connectivity index (χ3v) is 3.78. The molecule has 0 spiro atoms. The van der Waals surface area contributed by atoms with Crippen LogP contribution in [0.15, 0.2) is 34.8 Å². The predicted octanol–water partition coefficient (Wildman–Crippen LogP) is 4.43. The largest absolute Gasteiger partial charge is 0.233 e. The lowest BCUT2D eigenvalue weighted by atomic mass is 10.1. The molecule has 0 atom stereocenters. The summed E-state index contributed by atoms with van der Waals surface area (Å²) < 4.78 is 2.73. The Labute approximate surface area is 124 Å². The monoisotopic (exact) mass is 335 g/mol. The van der Waals surface area contributed by atoms with E-state index in [0.29, 0.717) is 5.15 Å². The van der Waals surface area contributed by atoms with Crippen LogP contribution in [-0.2, 0) is 0 Å². The van der Waals surface area contributed by atoms with Gasteiger partial charge in [0.25, 0.3) is 0 Å². The highest BCUT2D eigenvalue weighted by Gasteiger charge is 2.15. The molecule has 1 aromatic carbocycles. The molecule has 0 fully saturated rings. The molecule has 0 saturated carbocycles. The van der Waals surface area contributed by atoms with Crippen LogP contribution in [0.4, 0.5) is 0 Å². The third kappa shape index (κ3) is 2.15. The molecule has 3 rings (SSSR count). The van der Waals surface area contributed by atoms with Crippen molar-refractivity contribution in [3.05, 3.63) is 51.3 Å². The average Bonchev–Trinajstić information content (AvgIpc) is 2.67. The summed E-state index contributed by atoms with van der Waals surface area (Å²) in [4.78, 5) is 4.56. The highest BCUT2D eigenvalue weighted by atomic mass is 79.9. The van der Waals surface area contributed by atoms with E-state index in [4.69, 9.17) is 11.6 Å². The molecular formula is C14H11BrClN3. The first-order valence-corrected chi connectivity index (χ1v) is 7.02. The summed E-state index contributed by atoms with van der Waals surface area (Å²) in [7, 11) is 0. The van der Waals surface area contributed by atoms with Gasteiger partial charge in [-0.3, -0.25) is 0 Å². The first kappa shape index (κ1) is 12.6. The second-order valence-electron chi connectivity index (χ2n) is 4.42. The number of aryl methyl sites for hydroxylation is 2. The molecule has 19 heavy (non-hydrogen) atoms. The zero-order chi connectivity index (χ0) is 13.6. The van der Waals surface area contributed by atoms with E-state index in [-0.39, 0.29) is 0 Å². The van der Waals surface area contributed by atoms with Crippen molar-refractivity contribution < 1.29 is 0 Å². The fraction of sp³-hybridized carbons (Fsp3) is 0.143. The smallest absolute Gasteiger partial charge is 0.165 e. The highest BCUT2D eigenvalue weighted by Crippen LogP contribution is 2.29. The van der Waals surface area contributed by atoms with E-state index < -0.39 is 0 Å². The summed E-state index contributed by atoms with van der Waals surface area (Å²) in [5.41, 5.74) is 4.71. The normalized spacial score (nSPS) is 11.2. The number of fused-ring (bicyclic) bond motifs is 1. The zero-order valence-corrected chi connectivity index (χ0v) is 12.8. The molecule has 2 heterocycles. The van der Waals surface area contributed by atoms with Crippen LogP contribution in [-0.4, -0.2) is 14.6 Å². The minimum Gasteiger partial charge on any atom is -0.233 e. The van der Waals surface area contributed by atoms with Crippen molar-refractivity contribution >= 4 is 33.2 Å². The van der Waals surface area contributed by atoms with Crippen molar-refractivity contribution in [2.45, 2.75) is 13.8 Å². The predicted molar refractivity (Wildman–Crippen MR) is 80.6 cm³/mol. The van der Waals surface area contributed by atoms with Gasteiger partial charge in [-0.2, -0.15) is 5.10 Å². The molecule has 0 N–H and O–H groups in total. The molecular weight excluding hydrogens is 326 g/mol. The van der Waals surface area contributed by atoms with Crippen molar-refractivity contribution in [3.63, 3.8) is 0 Å². The second kappa shape index (κ2) is 4.62. The van der Waals surface area contributed by atoms with Gasteiger partial charge in [0.05, 0.1) is 5.69 Å². The summed E-state index contributed by atoms with van der Waals surface area (Å²) in [6.07, 6.45) is 0. The van der Waals surface area contributed by atoms with Gasteiger partial charge in [-0.1, -0.05) is 39.7 Å². The Morgan fingerprint density at radius 1 is 1.16 bits per heavy atom. The molecule has 0 bridgehead atoms. The molecule has 0 aliphatic carbocycles. The van der Waals surface area contributed by atoms with E-state index in [0.717, 1.165) is 32.6 Å². The Kier molecular flexibility index (Phi) is 3.07. The van der Waals surface area contributed by atoms with Crippen molar-refractivity contribution in [1.82, 2.24) is 14.6 Å². The second-order valence-corrected chi connectivity index (χ2v) is 5.73. The Bertz CT molecular complexity index is 762. The minimum atomic E-state index is 0.578. The molecule has 5 heteroatoms. The maximum atomic E-state index is 6.21. The molecule has 96 valence electrons. The molecule has 3 nitrogen and oxygen atoms in total. The summed E-state index contributed by atoms with van der Waals surface area (Å²) in [6, 6.07) is 9.93. The van der Waals surface area contributed by atoms with Gasteiger partial charge in [0.1, 0.15) is 5.15 Å². The molecule has 0 unspecified atom stereocenters. The fourth-order valence-corrected chi connectivity index (χ4v) is 2.69. The summed E-state index contributed by atoms with van der Waals surface area (Å²) in [6.45, 7) is 3.90. The number of aromatic nitrogens is 3. The summed E-state index contributed by atoms with van der Waals surface area (Å²) >= 11 is 9.66. The van der Waals surface area contributed by atoms with Crippen molar-refractivity contribution in [2.75, 3.05) is 0 Å². The van der Waals surface area contributed by atoms with Gasteiger partial charge < -0.3 is 0 Å². The first-order valence-electron chi connectivity index (χ1n) is 5.84. The van der Waals surface area contributed by atoms with Gasteiger partial charge in [-0.05, 0) is 37.6 Å². The van der Waals surface area contributed by atoms with Crippen LogP contribution in [0.2, 0.25) is 5.15 Å². The zero-order valence-electron chi connectivity index (χ0n) is 10.5. The molecule has 0 aliphatic heterocycles. The number of halogens is 2. The van der Waals surface area contributed by atoms with Crippen molar-refractivity contribution in [3.8, 4) is 11.1 Å². The Morgan fingerprint density at radius 2 is 1.84 bits per heavy atom. The van der Waals surface area contributed by atoms with Gasteiger partial charge in [0.2, 0.25) is 0 Å². The van der Waals surface area contributed by atoms with Crippen LogP contribution >= 0.6 is 27.5 Å². The maximum Gasteiger partial charge on any atom is 0.165 e. The van der Waals surface area contributed by atoms with Crippen LogP contribution in [0.1, 0.15) is 11.4 Å². The van der Waals surface area contributed by atoms with Crippen LogP contribution in [0.5, 0.6) is 0 Å². The number of hydrogen-bond acceptors (Lipinski definition) is 2. The third-order valence-electron chi connectivity index (χ3n) is 2.98. The maximum absolute atomic E-state index is 6.21. The van der Waals surface area contributed by atoms with Gasteiger partial charge >= 0.3 is 0 Å². The van der Waals surface area contributed by atoms with Gasteiger partial charge in [0.15, 0.2) is 5.65 Å². The molecule has 2 aromatic heterocycles. The van der Waals surface area contributed by atoms with Crippen molar-refractivity contribution in [1.29, 1.82) is 0 Å². The Morgan fingerprint density at radius 3 is 2.53 bits per heavy atom. The SMILES string of the molecule is Cc1cc(Cl)n2nc(C)c(-c3ccc(Br)cc3)c2n1. The van der Waals surface area contributed by atoms with Crippen LogP contribution in [0.3, 0.4) is 0 Å². The quantitative estimate of drug-likeness (QED) is 0.615. The molecule has 0 amide bonds. The molecule has 0 radical (unpaired) electrons. The van der Waals surface area contributed by atoms with E-state index in [1.165, 1.54) is 0 Å². The summed E-state index contributed by atoms with van der Waals surface area (Å²) in [5, 5.41) is 5.04. The average molecular weight is 337 g/mol. The van der Waals surface area contributed by atoms with Crippen LogP contribution in [0, 0.1) is 13.8 Å². The fourth-order valence-electron chi connectivity index (χ4n) is 2.15. The standard InChI is InChI=1S/C14H11BrClN3/c1-8-7-12(16)19-14(17-8)13(9(2)18-19)10-3-5-11(15)6-4-10/h3-7H,1-2H3. The highest BCUT2D eigenvalue weighted by molar-refractivity contribution is 9.10.